The topological polar surface area (TPSA) is 124 Å². The third-order valence-electron chi connectivity index (χ3n) is 4.35. The fourth-order valence-corrected chi connectivity index (χ4v) is 3.86. The van der Waals surface area contributed by atoms with Crippen molar-refractivity contribution in [3.05, 3.63) is 39.9 Å². The molecule has 0 spiro atoms. The zero-order chi connectivity index (χ0) is 20.3. The first-order valence-electron chi connectivity index (χ1n) is 8.64. The molecule has 2 aromatic rings. The molecule has 0 saturated carbocycles. The summed E-state index contributed by atoms with van der Waals surface area (Å²) in [4.78, 5) is 20.2. The highest BCUT2D eigenvalue weighted by Crippen LogP contribution is 2.27. The van der Waals surface area contributed by atoms with Gasteiger partial charge in [-0.15, -0.1) is 5.10 Å². The van der Waals surface area contributed by atoms with E-state index in [4.69, 9.17) is 28.3 Å². The summed E-state index contributed by atoms with van der Waals surface area (Å²) in [6.07, 6.45) is 1.62. The number of hydrazone groups is 1. The number of rotatable bonds is 6. The molecule has 0 amide bonds. The number of hydrogen-bond acceptors (Lipinski definition) is 8. The minimum Gasteiger partial charge on any atom is -0.480 e. The first-order chi connectivity index (χ1) is 13.3. The van der Waals surface area contributed by atoms with E-state index in [0.717, 1.165) is 52.7 Å². The fraction of sp³-hybridized carbons (Fsp3) is 0.353. The molecule has 2 heterocycles. The molecule has 1 fully saturated rings. The van der Waals surface area contributed by atoms with Crippen LogP contribution in [-0.2, 0) is 4.79 Å². The predicted molar refractivity (Wildman–Crippen MR) is 112 cm³/mol. The number of piperazine rings is 1. The van der Waals surface area contributed by atoms with E-state index in [9.17, 15) is 4.79 Å². The van der Waals surface area contributed by atoms with Crippen LogP contribution in [0.1, 0.15) is 10.4 Å². The number of aryl methyl sites for hydroxylation is 1. The highest BCUT2D eigenvalue weighted by molar-refractivity contribution is 7.17. The number of hydrazine groups is 1. The van der Waals surface area contributed by atoms with E-state index >= 15 is 0 Å². The summed E-state index contributed by atoms with van der Waals surface area (Å²) in [5.41, 5.74) is 8.09. The highest BCUT2D eigenvalue weighted by Gasteiger charge is 2.21. The number of nitrogens with two attached hydrogens (primary N) is 2. The molecule has 0 bridgehead atoms. The Labute approximate surface area is 171 Å². The van der Waals surface area contributed by atoms with E-state index in [2.05, 4.69) is 26.0 Å². The summed E-state index contributed by atoms with van der Waals surface area (Å²) in [7, 11) is 0. The number of thiazole rings is 1. The molecule has 0 atom stereocenters. The van der Waals surface area contributed by atoms with Gasteiger partial charge in [-0.05, 0) is 24.6 Å². The average Bonchev–Trinajstić information content (AvgIpc) is 3.14. The standard InChI is InChI=1S/C17H22ClN7O2S/c1-11-2-3-12(8-13(11)18)23-4-6-24(7-5-23)17-21-9-14(28-17)16(19)22-25(20)10-15(26)27/h2-3,8-9H,4-7,10,20H2,1H3,(H2,19,22)(H,26,27). The summed E-state index contributed by atoms with van der Waals surface area (Å²) >= 11 is 7.64. The van der Waals surface area contributed by atoms with Crippen LogP contribution in [0.15, 0.2) is 29.5 Å². The number of aromatic nitrogens is 1. The molecule has 11 heteroatoms. The van der Waals surface area contributed by atoms with Gasteiger partial charge in [0.25, 0.3) is 0 Å². The molecule has 0 unspecified atom stereocenters. The molecule has 1 aromatic carbocycles. The Bertz CT molecular complexity index is 880. The van der Waals surface area contributed by atoms with E-state index < -0.39 is 12.5 Å². The summed E-state index contributed by atoms with van der Waals surface area (Å²) < 4.78 is 0. The van der Waals surface area contributed by atoms with Gasteiger partial charge in [0.1, 0.15) is 0 Å². The lowest BCUT2D eigenvalue weighted by molar-refractivity contribution is -0.138. The Morgan fingerprint density at radius 3 is 2.68 bits per heavy atom. The Morgan fingerprint density at radius 1 is 1.36 bits per heavy atom. The van der Waals surface area contributed by atoms with Crippen LogP contribution in [0.5, 0.6) is 0 Å². The Balaban J connectivity index is 1.61. The number of halogens is 1. The van der Waals surface area contributed by atoms with E-state index in [1.165, 1.54) is 11.3 Å². The normalized spacial score (nSPS) is 15.0. The van der Waals surface area contributed by atoms with Crippen LogP contribution in [0, 0.1) is 6.92 Å². The monoisotopic (exact) mass is 423 g/mol. The van der Waals surface area contributed by atoms with Gasteiger partial charge in [-0.1, -0.05) is 29.0 Å². The van der Waals surface area contributed by atoms with Crippen LogP contribution in [0.25, 0.3) is 0 Å². The summed E-state index contributed by atoms with van der Waals surface area (Å²) in [5.74, 6) is 4.55. The summed E-state index contributed by atoms with van der Waals surface area (Å²) in [6.45, 7) is 4.90. The second-order valence-corrected chi connectivity index (χ2v) is 7.81. The molecule has 1 aliphatic heterocycles. The molecule has 1 aromatic heterocycles. The van der Waals surface area contributed by atoms with Gasteiger partial charge in [-0.25, -0.2) is 15.9 Å². The number of anilines is 2. The van der Waals surface area contributed by atoms with Crippen molar-refractivity contribution in [2.45, 2.75) is 6.92 Å². The number of carboxylic acids is 1. The lowest BCUT2D eigenvalue weighted by Crippen LogP contribution is -2.46. The molecule has 0 aliphatic carbocycles. The predicted octanol–water partition coefficient (Wildman–Crippen LogP) is 1.31. The number of nitrogens with zero attached hydrogens (tertiary/aromatic N) is 5. The first kappa shape index (κ1) is 20.2. The number of amidine groups is 1. The van der Waals surface area contributed by atoms with E-state index in [-0.39, 0.29) is 5.84 Å². The van der Waals surface area contributed by atoms with E-state index in [0.29, 0.717) is 4.88 Å². The van der Waals surface area contributed by atoms with Crippen molar-refractivity contribution in [2.75, 3.05) is 42.5 Å². The van der Waals surface area contributed by atoms with Gasteiger partial charge in [0.15, 0.2) is 17.5 Å². The second-order valence-electron chi connectivity index (χ2n) is 6.39. The Kier molecular flexibility index (Phi) is 6.22. The van der Waals surface area contributed by atoms with Crippen LogP contribution in [-0.4, -0.2) is 59.7 Å². The molecule has 28 heavy (non-hydrogen) atoms. The smallest absolute Gasteiger partial charge is 0.326 e. The van der Waals surface area contributed by atoms with Gasteiger partial charge >= 0.3 is 5.97 Å². The van der Waals surface area contributed by atoms with Crippen molar-refractivity contribution >= 4 is 45.6 Å². The highest BCUT2D eigenvalue weighted by atomic mass is 35.5. The van der Waals surface area contributed by atoms with Gasteiger partial charge in [0.05, 0.1) is 11.1 Å². The Morgan fingerprint density at radius 2 is 2.04 bits per heavy atom. The largest absolute Gasteiger partial charge is 0.480 e. The van der Waals surface area contributed by atoms with Crippen molar-refractivity contribution in [3.8, 4) is 0 Å². The lowest BCUT2D eigenvalue weighted by Gasteiger charge is -2.36. The second kappa shape index (κ2) is 8.63. The maximum atomic E-state index is 10.6. The van der Waals surface area contributed by atoms with Gasteiger partial charge < -0.3 is 20.6 Å². The van der Waals surface area contributed by atoms with Crippen molar-refractivity contribution in [2.24, 2.45) is 16.7 Å². The van der Waals surface area contributed by atoms with Crippen molar-refractivity contribution in [1.29, 1.82) is 0 Å². The number of hydrogen-bond donors (Lipinski definition) is 3. The van der Waals surface area contributed by atoms with Gasteiger partial charge in [0.2, 0.25) is 0 Å². The van der Waals surface area contributed by atoms with Crippen molar-refractivity contribution < 1.29 is 9.90 Å². The molecule has 5 N–H and O–H groups in total. The summed E-state index contributed by atoms with van der Waals surface area (Å²) in [5, 5.41) is 15.0. The maximum Gasteiger partial charge on any atom is 0.326 e. The quantitative estimate of drug-likeness (QED) is 0.275. The zero-order valence-corrected chi connectivity index (χ0v) is 16.9. The van der Waals surface area contributed by atoms with Crippen LogP contribution >= 0.6 is 22.9 Å². The molecule has 1 saturated heterocycles. The van der Waals surface area contributed by atoms with Gasteiger partial charge in [0, 0.05) is 36.9 Å². The fourth-order valence-electron chi connectivity index (χ4n) is 2.83. The van der Waals surface area contributed by atoms with Crippen molar-refractivity contribution in [3.63, 3.8) is 0 Å². The van der Waals surface area contributed by atoms with Crippen LogP contribution < -0.4 is 21.4 Å². The average molecular weight is 424 g/mol. The Hall–Kier alpha value is -2.56. The molecule has 0 radical (unpaired) electrons. The molecular weight excluding hydrogens is 402 g/mol. The lowest BCUT2D eigenvalue weighted by atomic mass is 10.2. The number of carbonyl (C=O) groups is 1. The van der Waals surface area contributed by atoms with Crippen LogP contribution in [0.4, 0.5) is 10.8 Å². The van der Waals surface area contributed by atoms with Crippen LogP contribution in [0.2, 0.25) is 5.02 Å². The van der Waals surface area contributed by atoms with Crippen molar-refractivity contribution in [1.82, 2.24) is 10.1 Å². The van der Waals surface area contributed by atoms with Crippen LogP contribution in [0.3, 0.4) is 0 Å². The molecule has 1 aliphatic rings. The zero-order valence-electron chi connectivity index (χ0n) is 15.4. The van der Waals surface area contributed by atoms with E-state index in [1.54, 1.807) is 6.20 Å². The third-order valence-corrected chi connectivity index (χ3v) is 5.84. The SMILES string of the molecule is Cc1ccc(N2CCN(c3ncc(/C(N)=N/N(N)CC(=O)O)s3)CC2)cc1Cl. The first-order valence-corrected chi connectivity index (χ1v) is 9.83. The number of aliphatic carboxylic acids is 1. The van der Waals surface area contributed by atoms with E-state index in [1.807, 2.05) is 19.1 Å². The third kappa shape index (κ3) is 4.83. The van der Waals surface area contributed by atoms with Gasteiger partial charge in [-0.2, -0.15) is 0 Å². The minimum atomic E-state index is -1.09. The molecule has 3 rings (SSSR count). The maximum absolute atomic E-state index is 10.6. The number of benzene rings is 1. The minimum absolute atomic E-state index is 0.139. The molecule has 150 valence electrons. The number of carboxylic acid groups (broad SMARTS) is 1. The molecular formula is C17H22ClN7O2S. The summed E-state index contributed by atoms with van der Waals surface area (Å²) in [6, 6.07) is 6.12. The molecule has 9 nitrogen and oxygen atoms in total. The van der Waals surface area contributed by atoms with Gasteiger partial charge in [-0.3, -0.25) is 4.79 Å².